The minimum absolute atomic E-state index is 0.181. The molecule has 1 aliphatic rings. The van der Waals surface area contributed by atoms with Gasteiger partial charge in [-0.05, 0) is 5.56 Å². The van der Waals surface area contributed by atoms with Crippen LogP contribution in [-0.2, 0) is 9.59 Å². The van der Waals surface area contributed by atoms with Gasteiger partial charge in [-0.1, -0.05) is 30.3 Å². The molecule has 1 saturated heterocycles. The zero-order valence-corrected chi connectivity index (χ0v) is 9.26. The highest BCUT2D eigenvalue weighted by atomic mass is 32.2. The van der Waals surface area contributed by atoms with Crippen LogP contribution in [0.3, 0.4) is 0 Å². The second-order valence-corrected chi connectivity index (χ2v) is 4.62. The molecule has 2 rings (SSSR count). The van der Waals surface area contributed by atoms with Crippen molar-refractivity contribution in [2.24, 2.45) is 0 Å². The molecule has 0 aromatic heterocycles. The number of carboxylic acids is 1. The first-order chi connectivity index (χ1) is 7.74. The SMILES string of the molecule is O=CN1C(C(=O)O)CSC1c1ccccc1. The lowest BCUT2D eigenvalue weighted by atomic mass is 10.2. The van der Waals surface area contributed by atoms with E-state index in [2.05, 4.69) is 0 Å². The molecule has 16 heavy (non-hydrogen) atoms. The molecule has 0 spiro atoms. The molecule has 1 heterocycles. The Kier molecular flexibility index (Phi) is 3.14. The van der Waals surface area contributed by atoms with Crippen LogP contribution in [0.15, 0.2) is 30.3 Å². The standard InChI is InChI=1S/C11H11NO3S/c13-7-12-9(11(14)15)6-16-10(12)8-4-2-1-3-5-8/h1-5,7,9-10H,6H2,(H,14,15). The highest BCUT2D eigenvalue weighted by molar-refractivity contribution is 7.99. The van der Waals surface area contributed by atoms with E-state index in [1.54, 1.807) is 0 Å². The maximum absolute atomic E-state index is 11.0. The molecule has 84 valence electrons. The molecule has 0 aliphatic carbocycles. The fraction of sp³-hybridized carbons (Fsp3) is 0.273. The van der Waals surface area contributed by atoms with E-state index in [0.29, 0.717) is 12.2 Å². The van der Waals surface area contributed by atoms with Crippen molar-refractivity contribution in [1.82, 2.24) is 4.90 Å². The summed E-state index contributed by atoms with van der Waals surface area (Å²) >= 11 is 1.48. The number of hydrogen-bond acceptors (Lipinski definition) is 3. The molecular formula is C11H11NO3S. The second kappa shape index (κ2) is 4.57. The highest BCUT2D eigenvalue weighted by Crippen LogP contribution is 2.39. The molecule has 1 aromatic rings. The van der Waals surface area contributed by atoms with E-state index in [-0.39, 0.29) is 5.37 Å². The fourth-order valence-corrected chi connectivity index (χ4v) is 3.13. The van der Waals surface area contributed by atoms with Gasteiger partial charge in [-0.15, -0.1) is 11.8 Å². The van der Waals surface area contributed by atoms with Crippen molar-refractivity contribution >= 4 is 24.1 Å². The predicted octanol–water partition coefficient (Wildman–Crippen LogP) is 1.34. The van der Waals surface area contributed by atoms with Crippen LogP contribution >= 0.6 is 11.8 Å². The second-order valence-electron chi connectivity index (χ2n) is 3.50. The van der Waals surface area contributed by atoms with Gasteiger partial charge in [-0.3, -0.25) is 4.79 Å². The normalized spacial score (nSPS) is 24.4. The molecule has 1 aromatic carbocycles. The third-order valence-corrected chi connectivity index (χ3v) is 3.87. The molecule has 4 nitrogen and oxygen atoms in total. The van der Waals surface area contributed by atoms with Gasteiger partial charge in [0.25, 0.3) is 0 Å². The number of benzene rings is 1. The van der Waals surface area contributed by atoms with Crippen molar-refractivity contribution in [2.45, 2.75) is 11.4 Å². The summed E-state index contributed by atoms with van der Waals surface area (Å²) in [6, 6.07) is 8.74. The van der Waals surface area contributed by atoms with Crippen LogP contribution in [0.5, 0.6) is 0 Å². The summed E-state index contributed by atoms with van der Waals surface area (Å²) in [5, 5.41) is 8.78. The molecule has 1 aliphatic heterocycles. The lowest BCUT2D eigenvalue weighted by Gasteiger charge is -2.22. The Labute approximate surface area is 97.3 Å². The molecule has 2 atom stereocenters. The lowest BCUT2D eigenvalue weighted by molar-refractivity contribution is -0.145. The molecular weight excluding hydrogens is 226 g/mol. The van der Waals surface area contributed by atoms with Gasteiger partial charge in [0.05, 0.1) is 0 Å². The number of hydrogen-bond donors (Lipinski definition) is 1. The van der Waals surface area contributed by atoms with Crippen LogP contribution in [0.25, 0.3) is 0 Å². The van der Waals surface area contributed by atoms with Crippen LogP contribution < -0.4 is 0 Å². The molecule has 1 N–H and O–H groups in total. The first kappa shape index (κ1) is 11.0. The number of carbonyl (C=O) groups is 2. The number of thioether (sulfide) groups is 1. The lowest BCUT2D eigenvalue weighted by Crippen LogP contribution is -2.37. The van der Waals surface area contributed by atoms with Gasteiger partial charge in [-0.25, -0.2) is 4.79 Å². The van der Waals surface area contributed by atoms with Crippen molar-refractivity contribution in [1.29, 1.82) is 0 Å². The minimum Gasteiger partial charge on any atom is -0.480 e. The first-order valence-electron chi connectivity index (χ1n) is 4.86. The van der Waals surface area contributed by atoms with Gasteiger partial charge < -0.3 is 10.0 Å². The van der Waals surface area contributed by atoms with E-state index in [0.717, 1.165) is 5.56 Å². The minimum atomic E-state index is -0.946. The smallest absolute Gasteiger partial charge is 0.327 e. The van der Waals surface area contributed by atoms with Gasteiger partial charge >= 0.3 is 5.97 Å². The summed E-state index contributed by atoms with van der Waals surface area (Å²) in [7, 11) is 0. The predicted molar refractivity (Wildman–Crippen MR) is 61.0 cm³/mol. The molecule has 0 bridgehead atoms. The summed E-state index contributed by atoms with van der Waals surface area (Å²) in [6.45, 7) is 0. The summed E-state index contributed by atoms with van der Waals surface area (Å²) in [5.41, 5.74) is 0.961. The summed E-state index contributed by atoms with van der Waals surface area (Å²) in [6.07, 6.45) is 0.621. The van der Waals surface area contributed by atoms with Crippen LogP contribution in [0.4, 0.5) is 0 Å². The molecule has 0 saturated carbocycles. The van der Waals surface area contributed by atoms with E-state index in [1.165, 1.54) is 16.7 Å². The largest absolute Gasteiger partial charge is 0.480 e. The van der Waals surface area contributed by atoms with Crippen molar-refractivity contribution in [2.75, 3.05) is 5.75 Å². The van der Waals surface area contributed by atoms with Gasteiger partial charge in [-0.2, -0.15) is 0 Å². The Bertz CT molecular complexity index is 395. The van der Waals surface area contributed by atoms with Crippen LogP contribution in [-0.4, -0.2) is 34.2 Å². The molecule has 5 heteroatoms. The number of aliphatic carboxylic acids is 1. The third-order valence-electron chi connectivity index (χ3n) is 2.53. The maximum atomic E-state index is 11.0. The quantitative estimate of drug-likeness (QED) is 0.806. The van der Waals surface area contributed by atoms with E-state index in [1.807, 2.05) is 30.3 Å². The fourth-order valence-electron chi connectivity index (χ4n) is 1.73. The Morgan fingerprint density at radius 1 is 1.44 bits per heavy atom. The number of rotatable bonds is 3. The van der Waals surface area contributed by atoms with Crippen LogP contribution in [0.2, 0.25) is 0 Å². The van der Waals surface area contributed by atoms with Crippen LogP contribution in [0, 0.1) is 0 Å². The van der Waals surface area contributed by atoms with Crippen molar-refractivity contribution in [3.63, 3.8) is 0 Å². The Morgan fingerprint density at radius 2 is 2.12 bits per heavy atom. The number of carbonyl (C=O) groups excluding carboxylic acids is 1. The van der Waals surface area contributed by atoms with Crippen molar-refractivity contribution < 1.29 is 14.7 Å². The van der Waals surface area contributed by atoms with E-state index in [9.17, 15) is 9.59 Å². The van der Waals surface area contributed by atoms with Gasteiger partial charge in [0.2, 0.25) is 6.41 Å². The van der Waals surface area contributed by atoms with Crippen LogP contribution in [0.1, 0.15) is 10.9 Å². The Morgan fingerprint density at radius 3 is 2.69 bits per heavy atom. The van der Waals surface area contributed by atoms with Gasteiger partial charge in [0.15, 0.2) is 0 Å². The summed E-state index contributed by atoms with van der Waals surface area (Å²) in [4.78, 5) is 23.3. The topological polar surface area (TPSA) is 57.6 Å². The number of nitrogens with zero attached hydrogens (tertiary/aromatic N) is 1. The molecule has 0 radical (unpaired) electrons. The number of amides is 1. The highest BCUT2D eigenvalue weighted by Gasteiger charge is 2.38. The van der Waals surface area contributed by atoms with E-state index >= 15 is 0 Å². The monoisotopic (exact) mass is 237 g/mol. The Hall–Kier alpha value is -1.49. The van der Waals surface area contributed by atoms with Gasteiger partial charge in [0.1, 0.15) is 11.4 Å². The van der Waals surface area contributed by atoms with E-state index in [4.69, 9.17) is 5.11 Å². The Balaban J connectivity index is 2.24. The third kappa shape index (κ3) is 1.90. The summed E-state index contributed by atoms with van der Waals surface area (Å²) in [5.74, 6) is -0.508. The van der Waals surface area contributed by atoms with E-state index < -0.39 is 12.0 Å². The zero-order valence-electron chi connectivity index (χ0n) is 8.45. The van der Waals surface area contributed by atoms with Crippen molar-refractivity contribution in [3.05, 3.63) is 35.9 Å². The van der Waals surface area contributed by atoms with Gasteiger partial charge in [0, 0.05) is 5.75 Å². The average Bonchev–Trinajstić information content (AvgIpc) is 2.73. The maximum Gasteiger partial charge on any atom is 0.327 e. The molecule has 2 unspecified atom stereocenters. The van der Waals surface area contributed by atoms with Crippen molar-refractivity contribution in [3.8, 4) is 0 Å². The first-order valence-corrected chi connectivity index (χ1v) is 5.91. The average molecular weight is 237 g/mol. The zero-order chi connectivity index (χ0) is 11.5. The molecule has 1 fully saturated rings. The molecule has 1 amide bonds. The summed E-state index contributed by atoms with van der Waals surface area (Å²) < 4.78 is 0. The number of carboxylic acid groups (broad SMARTS) is 1.